The third kappa shape index (κ3) is 4.79. The molecule has 1 heterocycles. The summed E-state index contributed by atoms with van der Waals surface area (Å²) in [5.41, 5.74) is 0. The molecule has 0 aromatic heterocycles. The Hall–Kier alpha value is -0.570. The smallest absolute Gasteiger partial charge is 0.224 e. The minimum Gasteiger partial charge on any atom is -0.359 e. The summed E-state index contributed by atoms with van der Waals surface area (Å²) in [5.74, 6) is 1.46. The number of hydrogen-bond acceptors (Lipinski definition) is 2. The highest BCUT2D eigenvalue weighted by Gasteiger charge is 2.24. The van der Waals surface area contributed by atoms with Gasteiger partial charge < -0.3 is 10.2 Å². The van der Waals surface area contributed by atoms with Crippen LogP contribution in [0.3, 0.4) is 0 Å². The molecule has 3 nitrogen and oxygen atoms in total. The maximum absolute atomic E-state index is 11.7. The van der Waals surface area contributed by atoms with Gasteiger partial charge in [-0.15, -0.1) is 0 Å². The normalized spacial score (nSPS) is 26.3. The van der Waals surface area contributed by atoms with Crippen LogP contribution in [0.5, 0.6) is 0 Å². The molecule has 2 rings (SSSR count). The van der Waals surface area contributed by atoms with Gasteiger partial charge in [0.2, 0.25) is 5.91 Å². The van der Waals surface area contributed by atoms with Crippen LogP contribution in [0.4, 0.5) is 0 Å². The van der Waals surface area contributed by atoms with Gasteiger partial charge in [-0.2, -0.15) is 0 Å². The van der Waals surface area contributed by atoms with Gasteiger partial charge in [-0.05, 0) is 44.7 Å². The predicted molar refractivity (Wildman–Crippen MR) is 79.0 cm³/mol. The second-order valence-corrected chi connectivity index (χ2v) is 6.40. The van der Waals surface area contributed by atoms with E-state index in [-0.39, 0.29) is 11.8 Å². The van der Waals surface area contributed by atoms with E-state index < -0.39 is 0 Å². The van der Waals surface area contributed by atoms with Crippen LogP contribution in [0, 0.1) is 11.8 Å². The molecule has 0 aromatic rings. The summed E-state index contributed by atoms with van der Waals surface area (Å²) in [7, 11) is 1.75. The molecule has 1 amide bonds. The van der Waals surface area contributed by atoms with Gasteiger partial charge in [0.15, 0.2) is 0 Å². The Morgan fingerprint density at radius 2 is 1.95 bits per heavy atom. The fraction of sp³-hybridized carbons (Fsp3) is 0.938. The molecule has 0 spiro atoms. The van der Waals surface area contributed by atoms with Crippen LogP contribution in [-0.2, 0) is 4.79 Å². The van der Waals surface area contributed by atoms with E-state index in [9.17, 15) is 4.79 Å². The van der Waals surface area contributed by atoms with Crippen molar-refractivity contribution in [1.82, 2.24) is 10.2 Å². The minimum atomic E-state index is 0.230. The predicted octanol–water partition coefficient (Wildman–Crippen LogP) is 2.80. The zero-order chi connectivity index (χ0) is 13.5. The van der Waals surface area contributed by atoms with Gasteiger partial charge in [-0.1, -0.05) is 32.1 Å². The van der Waals surface area contributed by atoms with Crippen LogP contribution in [0.25, 0.3) is 0 Å². The Bertz CT molecular complexity index is 274. The maximum Gasteiger partial charge on any atom is 0.224 e. The molecule has 2 fully saturated rings. The number of rotatable bonds is 5. The third-order valence-electron chi connectivity index (χ3n) is 4.93. The van der Waals surface area contributed by atoms with E-state index in [1.807, 2.05) is 0 Å². The minimum absolute atomic E-state index is 0.230. The van der Waals surface area contributed by atoms with Crippen LogP contribution in [0.1, 0.15) is 57.8 Å². The highest BCUT2D eigenvalue weighted by atomic mass is 16.1. The van der Waals surface area contributed by atoms with E-state index in [2.05, 4.69) is 10.2 Å². The maximum atomic E-state index is 11.7. The molecule has 1 aliphatic heterocycles. The molecule has 0 aromatic carbocycles. The van der Waals surface area contributed by atoms with Crippen LogP contribution in [0.15, 0.2) is 0 Å². The Morgan fingerprint density at radius 3 is 2.68 bits per heavy atom. The van der Waals surface area contributed by atoms with E-state index in [1.165, 1.54) is 64.5 Å². The molecule has 1 atom stereocenters. The molecule has 1 aliphatic carbocycles. The van der Waals surface area contributed by atoms with E-state index in [1.54, 1.807) is 7.05 Å². The molecule has 3 heteroatoms. The molecule has 1 saturated carbocycles. The van der Waals surface area contributed by atoms with Crippen molar-refractivity contribution in [3.05, 3.63) is 0 Å². The Morgan fingerprint density at radius 1 is 1.16 bits per heavy atom. The number of amides is 1. The van der Waals surface area contributed by atoms with Crippen molar-refractivity contribution in [3.8, 4) is 0 Å². The van der Waals surface area contributed by atoms with E-state index in [4.69, 9.17) is 0 Å². The molecule has 110 valence electrons. The van der Waals surface area contributed by atoms with Crippen LogP contribution >= 0.6 is 0 Å². The molecule has 1 N–H and O–H groups in total. The van der Waals surface area contributed by atoms with Crippen LogP contribution < -0.4 is 5.32 Å². The highest BCUT2D eigenvalue weighted by molar-refractivity contribution is 5.78. The lowest BCUT2D eigenvalue weighted by Gasteiger charge is -2.32. The van der Waals surface area contributed by atoms with Gasteiger partial charge in [-0.25, -0.2) is 0 Å². The van der Waals surface area contributed by atoms with Crippen LogP contribution in [-0.4, -0.2) is 37.5 Å². The number of nitrogens with one attached hydrogen (secondary N) is 1. The Kier molecular flexibility index (Phi) is 6.15. The number of nitrogens with zero attached hydrogens (tertiary/aromatic N) is 1. The molecular formula is C16H30N2O. The number of carbonyl (C=O) groups excluding carboxylic acids is 1. The first-order valence-electron chi connectivity index (χ1n) is 8.23. The number of piperidine rings is 1. The van der Waals surface area contributed by atoms with Crippen molar-refractivity contribution in [2.75, 3.05) is 26.7 Å². The van der Waals surface area contributed by atoms with E-state index >= 15 is 0 Å². The van der Waals surface area contributed by atoms with E-state index in [0.29, 0.717) is 0 Å². The molecule has 2 aliphatic rings. The average molecular weight is 266 g/mol. The standard InChI is InChI=1S/C16H30N2O/c1-17-16(19)15-10-6-12-18(13-15)11-5-9-14-7-3-2-4-8-14/h14-15H,2-13H2,1H3,(H,17,19). The molecule has 19 heavy (non-hydrogen) atoms. The van der Waals surface area contributed by atoms with Crippen LogP contribution in [0.2, 0.25) is 0 Å². The summed E-state index contributed by atoms with van der Waals surface area (Å²) < 4.78 is 0. The quantitative estimate of drug-likeness (QED) is 0.830. The van der Waals surface area contributed by atoms with Crippen molar-refractivity contribution < 1.29 is 4.79 Å². The lowest BCUT2D eigenvalue weighted by Crippen LogP contribution is -2.42. The summed E-state index contributed by atoms with van der Waals surface area (Å²) in [4.78, 5) is 14.2. The topological polar surface area (TPSA) is 32.3 Å². The average Bonchev–Trinajstić information content (AvgIpc) is 2.48. The fourth-order valence-corrected chi connectivity index (χ4v) is 3.76. The van der Waals surface area contributed by atoms with Gasteiger partial charge >= 0.3 is 0 Å². The van der Waals surface area contributed by atoms with Gasteiger partial charge in [-0.3, -0.25) is 4.79 Å². The van der Waals surface area contributed by atoms with Gasteiger partial charge in [0, 0.05) is 13.6 Å². The number of likely N-dealkylation sites (tertiary alicyclic amines) is 1. The SMILES string of the molecule is CNC(=O)C1CCCN(CCCC2CCCCC2)C1. The zero-order valence-corrected chi connectivity index (χ0v) is 12.5. The van der Waals surface area contributed by atoms with Gasteiger partial charge in [0.25, 0.3) is 0 Å². The highest BCUT2D eigenvalue weighted by Crippen LogP contribution is 2.27. The lowest BCUT2D eigenvalue weighted by atomic mass is 9.86. The van der Waals surface area contributed by atoms with E-state index in [0.717, 1.165) is 18.9 Å². The van der Waals surface area contributed by atoms with Crippen molar-refractivity contribution >= 4 is 5.91 Å². The molecule has 1 saturated heterocycles. The molecule has 0 bridgehead atoms. The second kappa shape index (κ2) is 7.88. The Balaban J connectivity index is 1.63. The monoisotopic (exact) mass is 266 g/mol. The fourth-order valence-electron chi connectivity index (χ4n) is 3.76. The third-order valence-corrected chi connectivity index (χ3v) is 4.93. The zero-order valence-electron chi connectivity index (χ0n) is 12.5. The summed E-state index contributed by atoms with van der Waals surface area (Å²) in [6, 6.07) is 0. The first-order chi connectivity index (χ1) is 9.29. The molecule has 0 radical (unpaired) electrons. The van der Waals surface area contributed by atoms with Gasteiger partial charge in [0.05, 0.1) is 5.92 Å². The summed E-state index contributed by atoms with van der Waals surface area (Å²) >= 11 is 0. The number of carbonyl (C=O) groups is 1. The summed E-state index contributed by atoms with van der Waals surface area (Å²) in [5, 5.41) is 2.80. The molecule has 1 unspecified atom stereocenters. The summed E-state index contributed by atoms with van der Waals surface area (Å²) in [6.45, 7) is 3.37. The summed E-state index contributed by atoms with van der Waals surface area (Å²) in [6.07, 6.45) is 12.3. The van der Waals surface area contributed by atoms with Crippen molar-refractivity contribution in [2.24, 2.45) is 11.8 Å². The van der Waals surface area contributed by atoms with Crippen molar-refractivity contribution in [1.29, 1.82) is 0 Å². The van der Waals surface area contributed by atoms with Crippen molar-refractivity contribution in [3.63, 3.8) is 0 Å². The molecular weight excluding hydrogens is 236 g/mol. The number of hydrogen-bond donors (Lipinski definition) is 1. The van der Waals surface area contributed by atoms with Crippen molar-refractivity contribution in [2.45, 2.75) is 57.8 Å². The largest absolute Gasteiger partial charge is 0.359 e. The first-order valence-corrected chi connectivity index (χ1v) is 8.23. The second-order valence-electron chi connectivity index (χ2n) is 6.40. The Labute approximate surface area is 118 Å². The van der Waals surface area contributed by atoms with Gasteiger partial charge in [0.1, 0.15) is 0 Å². The lowest BCUT2D eigenvalue weighted by molar-refractivity contribution is -0.126. The first kappa shape index (κ1) is 14.8.